The Bertz CT molecular complexity index is 431. The van der Waals surface area contributed by atoms with Crippen molar-refractivity contribution in [1.29, 1.82) is 0 Å². The maximum atomic E-state index is 5.41. The lowest BCUT2D eigenvalue weighted by atomic mass is 10.3. The minimum atomic E-state index is 0.408. The summed E-state index contributed by atoms with van der Waals surface area (Å²) in [5.74, 6) is 6.76. The lowest BCUT2D eigenvalue weighted by molar-refractivity contribution is 0.412. The van der Waals surface area contributed by atoms with Gasteiger partial charge in [0.05, 0.1) is 17.6 Å². The SMILES string of the molecule is COc1cc(NC(=NC2CC2)NN)ccc1Br. The zero-order chi connectivity index (χ0) is 12.3. The molecule has 0 saturated heterocycles. The fourth-order valence-electron chi connectivity index (χ4n) is 1.37. The van der Waals surface area contributed by atoms with Gasteiger partial charge in [-0.2, -0.15) is 0 Å². The van der Waals surface area contributed by atoms with Crippen LogP contribution in [0.15, 0.2) is 27.7 Å². The lowest BCUT2D eigenvalue weighted by Crippen LogP contribution is -2.36. The number of ether oxygens (including phenoxy) is 1. The zero-order valence-corrected chi connectivity index (χ0v) is 11.1. The molecule has 6 heteroatoms. The maximum absolute atomic E-state index is 5.41. The van der Waals surface area contributed by atoms with Gasteiger partial charge in [-0.15, -0.1) is 0 Å². The molecular weight excluding hydrogens is 284 g/mol. The molecule has 0 spiro atoms. The average Bonchev–Trinajstić information content (AvgIpc) is 3.14. The summed E-state index contributed by atoms with van der Waals surface area (Å²) < 4.78 is 6.13. The second-order valence-corrected chi connectivity index (χ2v) is 4.68. The van der Waals surface area contributed by atoms with E-state index in [9.17, 15) is 0 Å². The van der Waals surface area contributed by atoms with Crippen LogP contribution in [0.3, 0.4) is 0 Å². The van der Waals surface area contributed by atoms with E-state index < -0.39 is 0 Å². The van der Waals surface area contributed by atoms with Crippen molar-refractivity contribution < 1.29 is 4.74 Å². The number of nitrogens with zero attached hydrogens (tertiary/aromatic N) is 1. The van der Waals surface area contributed by atoms with E-state index in [4.69, 9.17) is 10.6 Å². The molecule has 0 amide bonds. The number of nitrogens with two attached hydrogens (primary N) is 1. The Kier molecular flexibility index (Phi) is 3.86. The Morgan fingerprint density at radius 1 is 1.53 bits per heavy atom. The molecule has 2 rings (SSSR count). The highest BCUT2D eigenvalue weighted by Crippen LogP contribution is 2.28. The van der Waals surface area contributed by atoms with E-state index in [1.807, 2.05) is 18.2 Å². The molecule has 0 aromatic heterocycles. The Morgan fingerprint density at radius 2 is 2.29 bits per heavy atom. The van der Waals surface area contributed by atoms with Crippen LogP contribution >= 0.6 is 15.9 Å². The zero-order valence-electron chi connectivity index (χ0n) is 9.53. The predicted molar refractivity (Wildman–Crippen MR) is 72.1 cm³/mol. The number of hydrazine groups is 1. The molecular formula is C11H15BrN4O. The Labute approximate surface area is 109 Å². The summed E-state index contributed by atoms with van der Waals surface area (Å²) in [7, 11) is 1.63. The Hall–Kier alpha value is -1.27. The largest absolute Gasteiger partial charge is 0.495 e. The quantitative estimate of drug-likeness (QED) is 0.345. The smallest absolute Gasteiger partial charge is 0.210 e. The lowest BCUT2D eigenvalue weighted by Gasteiger charge is -2.11. The molecule has 1 aliphatic carbocycles. The fraction of sp³-hybridized carbons (Fsp3) is 0.364. The monoisotopic (exact) mass is 298 g/mol. The van der Waals surface area contributed by atoms with Crippen molar-refractivity contribution in [3.05, 3.63) is 22.7 Å². The number of anilines is 1. The second kappa shape index (κ2) is 5.37. The van der Waals surface area contributed by atoms with Gasteiger partial charge in [0.15, 0.2) is 0 Å². The van der Waals surface area contributed by atoms with Crippen molar-refractivity contribution in [2.45, 2.75) is 18.9 Å². The summed E-state index contributed by atoms with van der Waals surface area (Å²) >= 11 is 3.40. The van der Waals surface area contributed by atoms with Crippen LogP contribution in [0, 0.1) is 0 Å². The van der Waals surface area contributed by atoms with Gasteiger partial charge in [-0.05, 0) is 40.9 Å². The number of methoxy groups -OCH3 is 1. The molecule has 1 aromatic carbocycles. The third-order valence-electron chi connectivity index (χ3n) is 2.41. The van der Waals surface area contributed by atoms with E-state index in [2.05, 4.69) is 31.7 Å². The van der Waals surface area contributed by atoms with Crippen molar-refractivity contribution in [2.24, 2.45) is 10.8 Å². The number of hydrogen-bond acceptors (Lipinski definition) is 3. The van der Waals surface area contributed by atoms with E-state index in [0.717, 1.165) is 28.8 Å². The molecule has 0 unspecified atom stereocenters. The standard InChI is InChI=1S/C11H15BrN4O/c1-17-10-6-8(4-5-9(10)12)15-11(16-13)14-7-2-3-7/h4-7H,2-3,13H2,1H3,(H2,14,15,16). The average molecular weight is 299 g/mol. The first-order valence-corrected chi connectivity index (χ1v) is 6.17. The maximum Gasteiger partial charge on any atom is 0.210 e. The van der Waals surface area contributed by atoms with Crippen LogP contribution in [0.5, 0.6) is 5.75 Å². The molecule has 0 bridgehead atoms. The second-order valence-electron chi connectivity index (χ2n) is 3.83. The minimum absolute atomic E-state index is 0.408. The number of halogens is 1. The third-order valence-corrected chi connectivity index (χ3v) is 3.06. The topological polar surface area (TPSA) is 71.7 Å². The van der Waals surface area contributed by atoms with E-state index in [1.165, 1.54) is 0 Å². The van der Waals surface area contributed by atoms with Gasteiger partial charge in [0.2, 0.25) is 5.96 Å². The summed E-state index contributed by atoms with van der Waals surface area (Å²) in [5, 5.41) is 3.12. The van der Waals surface area contributed by atoms with Gasteiger partial charge in [-0.25, -0.2) is 10.8 Å². The Balaban J connectivity index is 2.11. The molecule has 1 fully saturated rings. The first kappa shape index (κ1) is 12.2. The normalized spacial score (nSPS) is 15.6. The summed E-state index contributed by atoms with van der Waals surface area (Å²) in [4.78, 5) is 4.40. The minimum Gasteiger partial charge on any atom is -0.495 e. The van der Waals surface area contributed by atoms with Crippen LogP contribution in [-0.4, -0.2) is 19.1 Å². The molecule has 0 heterocycles. The van der Waals surface area contributed by atoms with Crippen LogP contribution in [0.25, 0.3) is 0 Å². The third kappa shape index (κ3) is 3.34. The van der Waals surface area contributed by atoms with Crippen LogP contribution in [0.1, 0.15) is 12.8 Å². The molecule has 0 atom stereocenters. The fourth-order valence-corrected chi connectivity index (χ4v) is 1.77. The molecule has 5 nitrogen and oxygen atoms in total. The summed E-state index contributed by atoms with van der Waals surface area (Å²) in [6.07, 6.45) is 2.27. The number of benzene rings is 1. The van der Waals surface area contributed by atoms with E-state index in [0.29, 0.717) is 12.0 Å². The molecule has 92 valence electrons. The number of guanidine groups is 1. The highest BCUT2D eigenvalue weighted by molar-refractivity contribution is 9.10. The van der Waals surface area contributed by atoms with Crippen molar-refractivity contribution in [2.75, 3.05) is 12.4 Å². The van der Waals surface area contributed by atoms with Gasteiger partial charge in [-0.1, -0.05) is 0 Å². The molecule has 17 heavy (non-hydrogen) atoms. The van der Waals surface area contributed by atoms with Gasteiger partial charge in [0.1, 0.15) is 5.75 Å². The van der Waals surface area contributed by atoms with Crippen molar-refractivity contribution in [3.8, 4) is 5.75 Å². The predicted octanol–water partition coefficient (Wildman–Crippen LogP) is 1.85. The van der Waals surface area contributed by atoms with E-state index >= 15 is 0 Å². The Morgan fingerprint density at radius 3 is 2.88 bits per heavy atom. The number of aliphatic imine (C=N–C) groups is 1. The van der Waals surface area contributed by atoms with Gasteiger partial charge in [0, 0.05) is 11.8 Å². The number of hydrogen-bond donors (Lipinski definition) is 3. The van der Waals surface area contributed by atoms with E-state index in [1.54, 1.807) is 7.11 Å². The summed E-state index contributed by atoms with van der Waals surface area (Å²) in [5.41, 5.74) is 3.44. The number of nitrogens with one attached hydrogen (secondary N) is 2. The highest BCUT2D eigenvalue weighted by atomic mass is 79.9. The first-order valence-electron chi connectivity index (χ1n) is 5.38. The van der Waals surface area contributed by atoms with Crippen molar-refractivity contribution in [1.82, 2.24) is 5.43 Å². The number of rotatable bonds is 3. The molecule has 1 saturated carbocycles. The van der Waals surface area contributed by atoms with Gasteiger partial charge in [-0.3, -0.25) is 5.43 Å². The van der Waals surface area contributed by atoms with Crippen LogP contribution in [0.4, 0.5) is 5.69 Å². The highest BCUT2D eigenvalue weighted by Gasteiger charge is 2.21. The van der Waals surface area contributed by atoms with E-state index in [-0.39, 0.29) is 0 Å². The van der Waals surface area contributed by atoms with Crippen LogP contribution in [0.2, 0.25) is 0 Å². The molecule has 4 N–H and O–H groups in total. The van der Waals surface area contributed by atoms with Crippen molar-refractivity contribution >= 4 is 27.6 Å². The van der Waals surface area contributed by atoms with Crippen LogP contribution in [-0.2, 0) is 0 Å². The van der Waals surface area contributed by atoms with Gasteiger partial charge in [0.25, 0.3) is 0 Å². The molecule has 0 radical (unpaired) electrons. The first-order chi connectivity index (χ1) is 8.22. The van der Waals surface area contributed by atoms with Crippen molar-refractivity contribution in [3.63, 3.8) is 0 Å². The summed E-state index contributed by atoms with van der Waals surface area (Å²) in [6, 6.07) is 6.12. The summed E-state index contributed by atoms with van der Waals surface area (Å²) in [6.45, 7) is 0. The van der Waals surface area contributed by atoms with Gasteiger partial charge >= 0.3 is 0 Å². The molecule has 1 aromatic rings. The molecule has 0 aliphatic heterocycles. The van der Waals surface area contributed by atoms with Crippen LogP contribution < -0.4 is 21.3 Å². The van der Waals surface area contributed by atoms with Gasteiger partial charge < -0.3 is 10.1 Å². The molecule has 1 aliphatic rings.